The molecule has 0 saturated heterocycles. The van der Waals surface area contributed by atoms with Crippen molar-refractivity contribution in [1.82, 2.24) is 0 Å². The number of anilines is 1. The van der Waals surface area contributed by atoms with Crippen molar-refractivity contribution < 1.29 is 19.4 Å². The Bertz CT molecular complexity index is 1060. The second kappa shape index (κ2) is 11.1. The lowest BCUT2D eigenvalue weighted by atomic mass is 9.97. The molecule has 3 aromatic rings. The zero-order valence-electron chi connectivity index (χ0n) is 18.6. The molecular formula is C27H29NO4. The van der Waals surface area contributed by atoms with E-state index in [4.69, 9.17) is 9.84 Å². The average Bonchev–Trinajstić information content (AvgIpc) is 2.81. The minimum Gasteiger partial charge on any atom is -0.496 e. The average molecular weight is 432 g/mol. The number of methoxy groups -OCH3 is 1. The van der Waals surface area contributed by atoms with Crippen molar-refractivity contribution in [2.24, 2.45) is 0 Å². The molecule has 0 aromatic heterocycles. The van der Waals surface area contributed by atoms with Gasteiger partial charge in [0.1, 0.15) is 5.75 Å². The molecule has 0 atom stereocenters. The van der Waals surface area contributed by atoms with Crippen molar-refractivity contribution >= 4 is 17.6 Å². The molecule has 166 valence electrons. The van der Waals surface area contributed by atoms with Gasteiger partial charge < -0.3 is 14.7 Å². The number of carbonyl (C=O) groups excluding carboxylic acids is 1. The summed E-state index contributed by atoms with van der Waals surface area (Å²) in [6.45, 7) is 2.53. The van der Waals surface area contributed by atoms with Crippen molar-refractivity contribution in [3.63, 3.8) is 0 Å². The first-order valence-electron chi connectivity index (χ1n) is 10.8. The van der Waals surface area contributed by atoms with E-state index in [-0.39, 0.29) is 12.3 Å². The number of hydrogen-bond donors (Lipinski definition) is 1. The van der Waals surface area contributed by atoms with E-state index >= 15 is 0 Å². The number of nitrogens with zero attached hydrogens (tertiary/aromatic N) is 1. The van der Waals surface area contributed by atoms with Gasteiger partial charge in [-0.15, -0.1) is 0 Å². The van der Waals surface area contributed by atoms with E-state index in [2.05, 4.69) is 0 Å². The van der Waals surface area contributed by atoms with Gasteiger partial charge in [0.15, 0.2) is 0 Å². The summed E-state index contributed by atoms with van der Waals surface area (Å²) in [5.74, 6) is -0.400. The number of hydrogen-bond acceptors (Lipinski definition) is 3. The van der Waals surface area contributed by atoms with Crippen LogP contribution < -0.4 is 9.64 Å². The van der Waals surface area contributed by atoms with Crippen molar-refractivity contribution in [2.75, 3.05) is 18.6 Å². The fraction of sp³-hybridized carbons (Fsp3) is 0.259. The first-order valence-corrected chi connectivity index (χ1v) is 10.8. The minimum absolute atomic E-state index is 0.136. The van der Waals surface area contributed by atoms with Crippen LogP contribution in [-0.4, -0.2) is 30.6 Å². The van der Waals surface area contributed by atoms with Gasteiger partial charge in [0.05, 0.1) is 18.4 Å². The summed E-state index contributed by atoms with van der Waals surface area (Å²) in [5, 5.41) is 8.91. The third-order valence-corrected chi connectivity index (χ3v) is 5.46. The zero-order valence-corrected chi connectivity index (χ0v) is 18.6. The zero-order chi connectivity index (χ0) is 22.9. The van der Waals surface area contributed by atoms with Gasteiger partial charge in [0.25, 0.3) is 5.91 Å². The maximum absolute atomic E-state index is 13.7. The molecule has 0 heterocycles. The molecule has 32 heavy (non-hydrogen) atoms. The van der Waals surface area contributed by atoms with Crippen molar-refractivity contribution in [1.29, 1.82) is 0 Å². The summed E-state index contributed by atoms with van der Waals surface area (Å²) in [5.41, 5.74) is 4.48. The smallest absolute Gasteiger partial charge is 0.303 e. The van der Waals surface area contributed by atoms with Gasteiger partial charge in [-0.3, -0.25) is 9.59 Å². The topological polar surface area (TPSA) is 66.8 Å². The van der Waals surface area contributed by atoms with Crippen LogP contribution in [-0.2, 0) is 4.79 Å². The third kappa shape index (κ3) is 5.55. The molecule has 0 unspecified atom stereocenters. The highest BCUT2D eigenvalue weighted by molar-refractivity contribution is 6.10. The first kappa shape index (κ1) is 23.1. The van der Waals surface area contributed by atoms with Crippen LogP contribution in [0.2, 0.25) is 0 Å². The van der Waals surface area contributed by atoms with Crippen LogP contribution in [0.5, 0.6) is 5.75 Å². The molecule has 0 aliphatic rings. The standard InChI is InChI=1S/C27H29NO4/c1-20-12-11-16-23(26(20)21-13-5-3-6-14-21)28(19-10-4-7-18-25(29)30)27(31)22-15-8-9-17-24(22)32-2/h3,5-6,8-9,11-17H,4,7,10,18-19H2,1-2H3,(H,29,30). The molecule has 0 radical (unpaired) electrons. The monoisotopic (exact) mass is 431 g/mol. The number of unbranched alkanes of at least 4 members (excludes halogenated alkanes) is 2. The maximum atomic E-state index is 13.7. The van der Waals surface area contributed by atoms with Gasteiger partial charge >= 0.3 is 5.97 Å². The van der Waals surface area contributed by atoms with E-state index in [9.17, 15) is 9.59 Å². The second-order valence-electron chi connectivity index (χ2n) is 7.70. The van der Waals surface area contributed by atoms with Gasteiger partial charge in [0, 0.05) is 18.5 Å². The summed E-state index contributed by atoms with van der Waals surface area (Å²) in [4.78, 5) is 26.4. The predicted octanol–water partition coefficient (Wildman–Crippen LogP) is 5.96. The lowest BCUT2D eigenvalue weighted by Crippen LogP contribution is -2.33. The lowest BCUT2D eigenvalue weighted by Gasteiger charge is -2.27. The number of amides is 1. The van der Waals surface area contributed by atoms with Gasteiger partial charge in [-0.2, -0.15) is 0 Å². The molecule has 1 N–H and O–H groups in total. The van der Waals surface area contributed by atoms with E-state index in [1.54, 1.807) is 24.1 Å². The van der Waals surface area contributed by atoms with Crippen molar-refractivity contribution in [2.45, 2.75) is 32.6 Å². The summed E-state index contributed by atoms with van der Waals surface area (Å²) in [6.07, 6.45) is 2.16. The minimum atomic E-state index is -0.794. The third-order valence-electron chi connectivity index (χ3n) is 5.46. The summed E-state index contributed by atoms with van der Waals surface area (Å²) < 4.78 is 5.45. The Morgan fingerprint density at radius 3 is 2.31 bits per heavy atom. The number of carboxylic acid groups (broad SMARTS) is 1. The Labute approximate surface area is 189 Å². The Morgan fingerprint density at radius 2 is 1.59 bits per heavy atom. The molecular weight excluding hydrogens is 402 g/mol. The predicted molar refractivity (Wildman–Crippen MR) is 127 cm³/mol. The van der Waals surface area contributed by atoms with Gasteiger partial charge in [-0.05, 0) is 49.1 Å². The molecule has 5 nitrogen and oxygen atoms in total. The highest BCUT2D eigenvalue weighted by atomic mass is 16.5. The highest BCUT2D eigenvalue weighted by Crippen LogP contribution is 2.35. The SMILES string of the molecule is COc1ccccc1C(=O)N(CCCCCC(=O)O)c1cccc(C)c1-c1ccccc1. The Balaban J connectivity index is 2.00. The number of aliphatic carboxylic acids is 1. The van der Waals surface area contributed by atoms with Crippen LogP contribution in [0.1, 0.15) is 41.6 Å². The number of para-hydroxylation sites is 1. The first-order chi connectivity index (χ1) is 15.5. The molecule has 0 spiro atoms. The van der Waals surface area contributed by atoms with Crippen LogP contribution in [0, 0.1) is 6.92 Å². The van der Waals surface area contributed by atoms with Crippen LogP contribution >= 0.6 is 0 Å². The molecule has 1 amide bonds. The van der Waals surface area contributed by atoms with Crippen LogP contribution in [0.4, 0.5) is 5.69 Å². The second-order valence-corrected chi connectivity index (χ2v) is 7.70. The Kier molecular flexibility index (Phi) is 8.03. The molecule has 0 aliphatic heterocycles. The van der Waals surface area contributed by atoms with E-state index in [1.807, 2.05) is 67.6 Å². The van der Waals surface area contributed by atoms with Crippen LogP contribution in [0.3, 0.4) is 0 Å². The molecule has 0 aliphatic carbocycles. The van der Waals surface area contributed by atoms with E-state index in [0.717, 1.165) is 28.8 Å². The fourth-order valence-electron chi connectivity index (χ4n) is 3.88. The number of aryl methyl sites for hydroxylation is 1. The summed E-state index contributed by atoms with van der Waals surface area (Å²) in [6, 6.07) is 23.3. The van der Waals surface area contributed by atoms with Crippen LogP contribution in [0.15, 0.2) is 72.8 Å². The van der Waals surface area contributed by atoms with Gasteiger partial charge in [-0.25, -0.2) is 0 Å². The highest BCUT2D eigenvalue weighted by Gasteiger charge is 2.24. The number of carboxylic acids is 1. The van der Waals surface area contributed by atoms with Gasteiger partial charge in [-0.1, -0.05) is 61.0 Å². The maximum Gasteiger partial charge on any atom is 0.303 e. The van der Waals surface area contributed by atoms with E-state index in [1.165, 1.54) is 0 Å². The number of carbonyl (C=O) groups is 2. The quantitative estimate of drug-likeness (QED) is 0.402. The van der Waals surface area contributed by atoms with E-state index in [0.29, 0.717) is 30.7 Å². The number of rotatable bonds is 10. The van der Waals surface area contributed by atoms with Crippen LogP contribution in [0.25, 0.3) is 11.1 Å². The normalized spacial score (nSPS) is 10.6. The molecule has 0 fully saturated rings. The molecule has 5 heteroatoms. The molecule has 3 aromatic carbocycles. The van der Waals surface area contributed by atoms with Crippen molar-refractivity contribution in [3.8, 4) is 16.9 Å². The Morgan fingerprint density at radius 1 is 0.875 bits per heavy atom. The number of benzene rings is 3. The van der Waals surface area contributed by atoms with E-state index < -0.39 is 5.97 Å². The Hall–Kier alpha value is -3.60. The largest absolute Gasteiger partial charge is 0.496 e. The fourth-order valence-corrected chi connectivity index (χ4v) is 3.88. The molecule has 3 rings (SSSR count). The molecule has 0 bridgehead atoms. The molecule has 0 saturated carbocycles. The number of ether oxygens (including phenoxy) is 1. The summed E-state index contributed by atoms with van der Waals surface area (Å²) >= 11 is 0. The van der Waals surface area contributed by atoms with Gasteiger partial charge in [0.2, 0.25) is 0 Å². The van der Waals surface area contributed by atoms with Crippen molar-refractivity contribution in [3.05, 3.63) is 83.9 Å². The lowest BCUT2D eigenvalue weighted by molar-refractivity contribution is -0.137. The summed E-state index contributed by atoms with van der Waals surface area (Å²) in [7, 11) is 1.56.